The molecule has 2 aliphatic rings. The maximum absolute atomic E-state index is 9.00. The van der Waals surface area contributed by atoms with Crippen molar-refractivity contribution in [1.82, 2.24) is 5.32 Å². The van der Waals surface area contributed by atoms with Crippen molar-refractivity contribution in [2.45, 2.75) is 57.1 Å². The highest BCUT2D eigenvalue weighted by molar-refractivity contribution is 4.93. The molecule has 1 aliphatic carbocycles. The molecule has 0 radical (unpaired) electrons. The third kappa shape index (κ3) is 2.96. The lowest BCUT2D eigenvalue weighted by Gasteiger charge is -2.39. The fraction of sp³-hybridized carbons (Fsp3) is 1.00. The van der Waals surface area contributed by atoms with Crippen LogP contribution in [0.25, 0.3) is 0 Å². The predicted molar refractivity (Wildman–Crippen MR) is 64.4 cm³/mol. The van der Waals surface area contributed by atoms with E-state index in [9.17, 15) is 0 Å². The second-order valence-electron chi connectivity index (χ2n) is 5.62. The van der Waals surface area contributed by atoms with E-state index in [0.717, 1.165) is 19.6 Å². The van der Waals surface area contributed by atoms with Gasteiger partial charge in [-0.1, -0.05) is 19.8 Å². The molecular weight excluding hydrogens is 202 g/mol. The zero-order chi connectivity index (χ0) is 11.4. The quantitative estimate of drug-likeness (QED) is 0.768. The first kappa shape index (κ1) is 12.3. The maximum Gasteiger partial charge on any atom is 0.0697 e. The van der Waals surface area contributed by atoms with Gasteiger partial charge in [-0.15, -0.1) is 0 Å². The fourth-order valence-electron chi connectivity index (χ4n) is 3.00. The summed E-state index contributed by atoms with van der Waals surface area (Å²) >= 11 is 0. The molecule has 1 aliphatic heterocycles. The highest BCUT2D eigenvalue weighted by Gasteiger charge is 2.39. The summed E-state index contributed by atoms with van der Waals surface area (Å²) in [6.07, 6.45) is 7.46. The molecule has 1 saturated heterocycles. The Morgan fingerprint density at radius 2 is 2.19 bits per heavy atom. The largest absolute Gasteiger partial charge is 0.396 e. The molecule has 3 heteroatoms. The van der Waals surface area contributed by atoms with Crippen molar-refractivity contribution < 1.29 is 9.84 Å². The summed E-state index contributed by atoms with van der Waals surface area (Å²) in [7, 11) is 0. The van der Waals surface area contributed by atoms with Crippen LogP contribution >= 0.6 is 0 Å². The molecule has 2 atom stereocenters. The van der Waals surface area contributed by atoms with E-state index < -0.39 is 0 Å². The first-order valence-electron chi connectivity index (χ1n) is 6.72. The second kappa shape index (κ2) is 5.48. The molecule has 16 heavy (non-hydrogen) atoms. The van der Waals surface area contributed by atoms with Crippen molar-refractivity contribution in [2.24, 2.45) is 5.92 Å². The van der Waals surface area contributed by atoms with Crippen LogP contribution < -0.4 is 5.32 Å². The third-order valence-corrected chi connectivity index (χ3v) is 4.07. The Morgan fingerprint density at radius 3 is 2.88 bits per heavy atom. The van der Waals surface area contributed by atoms with Crippen molar-refractivity contribution in [3.63, 3.8) is 0 Å². The predicted octanol–water partition coefficient (Wildman–Crippen LogP) is 1.70. The van der Waals surface area contributed by atoms with Crippen molar-refractivity contribution >= 4 is 0 Å². The van der Waals surface area contributed by atoms with Gasteiger partial charge in [0.15, 0.2) is 0 Å². The first-order valence-corrected chi connectivity index (χ1v) is 6.72. The van der Waals surface area contributed by atoms with Crippen LogP contribution in [0.15, 0.2) is 0 Å². The van der Waals surface area contributed by atoms with Crippen molar-refractivity contribution in [3.05, 3.63) is 0 Å². The van der Waals surface area contributed by atoms with Crippen molar-refractivity contribution in [3.8, 4) is 0 Å². The van der Waals surface area contributed by atoms with E-state index in [0.29, 0.717) is 12.0 Å². The average Bonchev–Trinajstić information content (AvgIpc) is 2.74. The van der Waals surface area contributed by atoms with E-state index in [1.165, 1.54) is 32.1 Å². The van der Waals surface area contributed by atoms with Gasteiger partial charge in [0.25, 0.3) is 0 Å². The Morgan fingerprint density at radius 1 is 1.44 bits per heavy atom. The Labute approximate surface area is 98.6 Å². The number of hydrogen-bond donors (Lipinski definition) is 2. The molecule has 3 nitrogen and oxygen atoms in total. The average molecular weight is 227 g/mol. The van der Waals surface area contributed by atoms with Gasteiger partial charge in [-0.2, -0.15) is 0 Å². The number of aliphatic hydroxyl groups excluding tert-OH is 1. The van der Waals surface area contributed by atoms with Crippen LogP contribution in [0.3, 0.4) is 0 Å². The van der Waals surface area contributed by atoms with Gasteiger partial charge in [-0.25, -0.2) is 0 Å². The highest BCUT2D eigenvalue weighted by atomic mass is 16.5. The summed E-state index contributed by atoms with van der Waals surface area (Å²) < 4.78 is 6.00. The summed E-state index contributed by atoms with van der Waals surface area (Å²) in [4.78, 5) is 0. The maximum atomic E-state index is 9.00. The van der Waals surface area contributed by atoms with E-state index >= 15 is 0 Å². The van der Waals surface area contributed by atoms with Gasteiger partial charge >= 0.3 is 0 Å². The van der Waals surface area contributed by atoms with Gasteiger partial charge < -0.3 is 15.2 Å². The van der Waals surface area contributed by atoms with E-state index in [1.807, 2.05) is 0 Å². The number of nitrogens with one attached hydrogen (secondary N) is 1. The van der Waals surface area contributed by atoms with Gasteiger partial charge in [0.05, 0.1) is 5.60 Å². The molecule has 0 aromatic rings. The molecule has 2 rings (SSSR count). The molecule has 1 heterocycles. The molecule has 2 N–H and O–H groups in total. The molecule has 0 aromatic heterocycles. The van der Waals surface area contributed by atoms with Crippen LogP contribution in [-0.4, -0.2) is 36.5 Å². The smallest absolute Gasteiger partial charge is 0.0697 e. The zero-order valence-electron chi connectivity index (χ0n) is 10.4. The van der Waals surface area contributed by atoms with Gasteiger partial charge in [-0.05, 0) is 31.6 Å². The highest BCUT2D eigenvalue weighted by Crippen LogP contribution is 2.39. The lowest BCUT2D eigenvalue weighted by Crippen LogP contribution is -2.46. The molecule has 2 unspecified atom stereocenters. The number of hydrogen-bond acceptors (Lipinski definition) is 3. The monoisotopic (exact) mass is 227 g/mol. The molecular formula is C13H25NO2. The molecule has 1 saturated carbocycles. The summed E-state index contributed by atoms with van der Waals surface area (Å²) in [6, 6.07) is 0.598. The Kier molecular flexibility index (Phi) is 4.22. The molecule has 1 spiro atoms. The van der Waals surface area contributed by atoms with Gasteiger partial charge in [-0.3, -0.25) is 0 Å². The van der Waals surface area contributed by atoms with Crippen LogP contribution in [0.5, 0.6) is 0 Å². The summed E-state index contributed by atoms with van der Waals surface area (Å²) in [5, 5.41) is 12.6. The standard InChI is InChI=1S/C13H25NO2/c1-11(10-15)9-14-12-4-7-16-13(8-12)5-2-3-6-13/h11-12,14-15H,2-10H2,1H3. The Balaban J connectivity index is 1.78. The lowest BCUT2D eigenvalue weighted by atomic mass is 9.89. The van der Waals surface area contributed by atoms with Crippen LogP contribution in [0.4, 0.5) is 0 Å². The van der Waals surface area contributed by atoms with Crippen molar-refractivity contribution in [2.75, 3.05) is 19.8 Å². The van der Waals surface area contributed by atoms with Crippen LogP contribution in [0, 0.1) is 5.92 Å². The van der Waals surface area contributed by atoms with E-state index in [4.69, 9.17) is 9.84 Å². The minimum atomic E-state index is 0.207. The second-order valence-corrected chi connectivity index (χ2v) is 5.62. The van der Waals surface area contributed by atoms with Crippen LogP contribution in [0.1, 0.15) is 45.4 Å². The Hall–Kier alpha value is -0.120. The van der Waals surface area contributed by atoms with Gasteiger partial charge in [0.2, 0.25) is 0 Å². The van der Waals surface area contributed by atoms with E-state index in [2.05, 4.69) is 12.2 Å². The Bertz CT molecular complexity index is 214. The molecule has 0 aromatic carbocycles. The van der Waals surface area contributed by atoms with Crippen molar-refractivity contribution in [1.29, 1.82) is 0 Å². The zero-order valence-corrected chi connectivity index (χ0v) is 10.4. The normalized spacial score (nSPS) is 30.8. The molecule has 94 valence electrons. The topological polar surface area (TPSA) is 41.5 Å². The SMILES string of the molecule is CC(CO)CNC1CCOC2(CCCC2)C1. The minimum absolute atomic E-state index is 0.207. The van der Waals surface area contributed by atoms with Gasteiger partial charge in [0, 0.05) is 25.8 Å². The first-order chi connectivity index (χ1) is 7.74. The molecule has 2 fully saturated rings. The van der Waals surface area contributed by atoms with E-state index in [1.54, 1.807) is 0 Å². The fourth-order valence-corrected chi connectivity index (χ4v) is 3.00. The number of aliphatic hydroxyl groups is 1. The summed E-state index contributed by atoms with van der Waals surface area (Å²) in [5.41, 5.74) is 0.207. The minimum Gasteiger partial charge on any atom is -0.396 e. The van der Waals surface area contributed by atoms with Gasteiger partial charge in [0.1, 0.15) is 0 Å². The lowest BCUT2D eigenvalue weighted by molar-refractivity contribution is -0.0839. The number of rotatable bonds is 4. The molecule has 0 bridgehead atoms. The van der Waals surface area contributed by atoms with Crippen LogP contribution in [0.2, 0.25) is 0 Å². The molecule has 0 amide bonds. The van der Waals surface area contributed by atoms with Crippen LogP contribution in [-0.2, 0) is 4.74 Å². The van der Waals surface area contributed by atoms with E-state index in [-0.39, 0.29) is 12.2 Å². The summed E-state index contributed by atoms with van der Waals surface area (Å²) in [6.45, 7) is 4.20. The number of ether oxygens (including phenoxy) is 1. The third-order valence-electron chi connectivity index (χ3n) is 4.07. The summed E-state index contributed by atoms with van der Waals surface area (Å²) in [5.74, 6) is 0.363.